The summed E-state index contributed by atoms with van der Waals surface area (Å²) in [6.45, 7) is 0.525. The van der Waals surface area contributed by atoms with Gasteiger partial charge in [-0.3, -0.25) is 4.79 Å². The van der Waals surface area contributed by atoms with Crippen LogP contribution in [0.4, 0.5) is 10.2 Å². The van der Waals surface area contributed by atoms with Gasteiger partial charge in [-0.2, -0.15) is 0 Å². The molecule has 0 atom stereocenters. The number of halogens is 2. The zero-order chi connectivity index (χ0) is 13.8. The number of aromatic nitrogens is 2. The minimum absolute atomic E-state index is 0.228. The number of anilines is 1. The minimum atomic E-state index is -0.337. The van der Waals surface area contributed by atoms with Gasteiger partial charge in [0, 0.05) is 18.7 Å². The molecule has 2 aromatic rings. The van der Waals surface area contributed by atoms with Gasteiger partial charge in [0.05, 0.1) is 6.33 Å². The van der Waals surface area contributed by atoms with E-state index in [4.69, 9.17) is 5.73 Å². The molecule has 1 heterocycles. The van der Waals surface area contributed by atoms with E-state index in [1.807, 2.05) is 0 Å². The SMILES string of the molecule is NCc1ccc(CNc2nc[nH]c(=O)c2Br)c(F)c1. The number of aromatic amines is 1. The van der Waals surface area contributed by atoms with Crippen molar-refractivity contribution < 1.29 is 4.39 Å². The van der Waals surface area contributed by atoms with Crippen molar-refractivity contribution in [2.75, 3.05) is 5.32 Å². The Morgan fingerprint density at radius 1 is 1.47 bits per heavy atom. The molecule has 1 aromatic heterocycles. The normalized spacial score (nSPS) is 10.5. The predicted molar refractivity (Wildman–Crippen MR) is 74.2 cm³/mol. The summed E-state index contributed by atoms with van der Waals surface area (Å²) < 4.78 is 14.0. The summed E-state index contributed by atoms with van der Waals surface area (Å²) in [5.74, 6) is 0.0301. The second-order valence-electron chi connectivity index (χ2n) is 3.88. The van der Waals surface area contributed by atoms with Crippen molar-refractivity contribution >= 4 is 21.7 Å². The van der Waals surface area contributed by atoms with Crippen LogP contribution in [0.2, 0.25) is 0 Å². The molecule has 0 aliphatic rings. The highest BCUT2D eigenvalue weighted by molar-refractivity contribution is 9.10. The molecule has 0 fully saturated rings. The summed E-state index contributed by atoms with van der Waals surface area (Å²) in [6, 6.07) is 4.82. The molecule has 2 rings (SSSR count). The number of H-pyrrole nitrogens is 1. The van der Waals surface area contributed by atoms with Crippen LogP contribution in [-0.4, -0.2) is 9.97 Å². The molecule has 0 amide bonds. The van der Waals surface area contributed by atoms with Crippen molar-refractivity contribution in [1.82, 2.24) is 9.97 Å². The van der Waals surface area contributed by atoms with Crippen molar-refractivity contribution in [2.45, 2.75) is 13.1 Å². The predicted octanol–water partition coefficient (Wildman–Crippen LogP) is 1.74. The highest BCUT2D eigenvalue weighted by atomic mass is 79.9. The number of hydrogen-bond donors (Lipinski definition) is 3. The first-order valence-electron chi connectivity index (χ1n) is 5.56. The first-order chi connectivity index (χ1) is 9.11. The van der Waals surface area contributed by atoms with Gasteiger partial charge in [-0.25, -0.2) is 9.37 Å². The van der Waals surface area contributed by atoms with Gasteiger partial charge in [0.1, 0.15) is 16.1 Å². The van der Waals surface area contributed by atoms with Gasteiger partial charge in [0.25, 0.3) is 5.56 Å². The fourth-order valence-corrected chi connectivity index (χ4v) is 1.90. The molecule has 4 N–H and O–H groups in total. The van der Waals surface area contributed by atoms with Crippen LogP contribution in [0.1, 0.15) is 11.1 Å². The third kappa shape index (κ3) is 3.18. The number of hydrogen-bond acceptors (Lipinski definition) is 4. The smallest absolute Gasteiger partial charge is 0.267 e. The first-order valence-corrected chi connectivity index (χ1v) is 6.35. The van der Waals surface area contributed by atoms with E-state index in [0.717, 1.165) is 5.56 Å². The van der Waals surface area contributed by atoms with E-state index in [0.29, 0.717) is 17.9 Å². The standard InChI is InChI=1S/C12H12BrFN4O/c13-10-11(17-6-18-12(10)19)16-5-8-2-1-7(4-15)3-9(8)14/h1-3,6H,4-5,15H2,(H2,16,17,18,19). The van der Waals surface area contributed by atoms with E-state index >= 15 is 0 Å². The molecule has 5 nitrogen and oxygen atoms in total. The Labute approximate surface area is 117 Å². The van der Waals surface area contributed by atoms with Gasteiger partial charge in [0.2, 0.25) is 0 Å². The second-order valence-corrected chi connectivity index (χ2v) is 4.67. The summed E-state index contributed by atoms with van der Waals surface area (Å²) in [6.07, 6.45) is 1.28. The van der Waals surface area contributed by atoms with Gasteiger partial charge in [0.15, 0.2) is 0 Å². The van der Waals surface area contributed by atoms with Crippen LogP contribution >= 0.6 is 15.9 Å². The Bertz CT molecular complexity index is 644. The number of nitrogens with zero attached hydrogens (tertiary/aromatic N) is 1. The van der Waals surface area contributed by atoms with E-state index in [1.165, 1.54) is 12.4 Å². The quantitative estimate of drug-likeness (QED) is 0.799. The number of nitrogens with one attached hydrogen (secondary N) is 2. The molecule has 0 saturated carbocycles. The average Bonchev–Trinajstić information content (AvgIpc) is 2.41. The largest absolute Gasteiger partial charge is 0.365 e. The molecule has 0 saturated heterocycles. The second kappa shape index (κ2) is 5.94. The molecule has 19 heavy (non-hydrogen) atoms. The van der Waals surface area contributed by atoms with Crippen LogP contribution in [0.5, 0.6) is 0 Å². The number of benzene rings is 1. The van der Waals surface area contributed by atoms with Crippen LogP contribution in [0, 0.1) is 5.82 Å². The lowest BCUT2D eigenvalue weighted by Crippen LogP contribution is -2.12. The summed E-state index contributed by atoms with van der Waals surface area (Å²) in [7, 11) is 0. The molecule has 0 radical (unpaired) electrons. The van der Waals surface area contributed by atoms with Crippen LogP contribution < -0.4 is 16.6 Å². The Balaban J connectivity index is 2.14. The monoisotopic (exact) mass is 326 g/mol. The van der Waals surface area contributed by atoms with Crippen LogP contribution in [-0.2, 0) is 13.1 Å². The molecule has 0 unspecified atom stereocenters. The third-order valence-corrected chi connectivity index (χ3v) is 3.33. The number of nitrogens with two attached hydrogens (primary N) is 1. The maximum absolute atomic E-state index is 13.7. The van der Waals surface area contributed by atoms with Crippen LogP contribution in [0.25, 0.3) is 0 Å². The molecule has 0 aliphatic carbocycles. The molecular formula is C12H12BrFN4O. The highest BCUT2D eigenvalue weighted by Crippen LogP contribution is 2.16. The lowest BCUT2D eigenvalue weighted by molar-refractivity contribution is 0.610. The Kier molecular flexibility index (Phi) is 4.28. The van der Waals surface area contributed by atoms with Gasteiger partial charge >= 0.3 is 0 Å². The maximum atomic E-state index is 13.7. The summed E-state index contributed by atoms with van der Waals surface area (Å²) in [4.78, 5) is 17.7. The Morgan fingerprint density at radius 2 is 2.26 bits per heavy atom. The van der Waals surface area contributed by atoms with E-state index in [9.17, 15) is 9.18 Å². The third-order valence-electron chi connectivity index (χ3n) is 2.60. The van der Waals surface area contributed by atoms with Crippen molar-refractivity contribution in [2.24, 2.45) is 5.73 Å². The van der Waals surface area contributed by atoms with Crippen molar-refractivity contribution in [3.8, 4) is 0 Å². The van der Waals surface area contributed by atoms with E-state index in [1.54, 1.807) is 12.1 Å². The molecule has 0 aliphatic heterocycles. The van der Waals surface area contributed by atoms with Crippen LogP contribution in [0.3, 0.4) is 0 Å². The lowest BCUT2D eigenvalue weighted by Gasteiger charge is -2.08. The van der Waals surface area contributed by atoms with Gasteiger partial charge in [-0.1, -0.05) is 12.1 Å². The molecule has 0 spiro atoms. The van der Waals surface area contributed by atoms with Crippen molar-refractivity contribution in [3.63, 3.8) is 0 Å². The Morgan fingerprint density at radius 3 is 2.95 bits per heavy atom. The van der Waals surface area contributed by atoms with Crippen molar-refractivity contribution in [1.29, 1.82) is 0 Å². The van der Waals surface area contributed by atoms with Crippen molar-refractivity contribution in [3.05, 3.63) is 56.3 Å². The van der Waals surface area contributed by atoms with E-state index in [2.05, 4.69) is 31.2 Å². The summed E-state index contributed by atoms with van der Waals surface area (Å²) in [5.41, 5.74) is 6.35. The highest BCUT2D eigenvalue weighted by Gasteiger charge is 2.07. The first kappa shape index (κ1) is 13.7. The van der Waals surface area contributed by atoms with Gasteiger partial charge in [-0.15, -0.1) is 0 Å². The maximum Gasteiger partial charge on any atom is 0.267 e. The fraction of sp³-hybridized carbons (Fsp3) is 0.167. The van der Waals surface area contributed by atoms with E-state index < -0.39 is 0 Å². The van der Waals surface area contributed by atoms with Crippen LogP contribution in [0.15, 0.2) is 33.8 Å². The minimum Gasteiger partial charge on any atom is -0.365 e. The number of rotatable bonds is 4. The summed E-state index contributed by atoms with van der Waals surface area (Å²) in [5, 5.41) is 2.90. The molecule has 1 aromatic carbocycles. The zero-order valence-corrected chi connectivity index (χ0v) is 11.5. The fourth-order valence-electron chi connectivity index (χ4n) is 1.55. The molecule has 100 valence electrons. The topological polar surface area (TPSA) is 83.8 Å². The van der Waals surface area contributed by atoms with Gasteiger partial charge in [-0.05, 0) is 27.6 Å². The van der Waals surface area contributed by atoms with Gasteiger partial charge < -0.3 is 16.0 Å². The molecular weight excluding hydrogens is 315 g/mol. The molecule has 7 heteroatoms. The lowest BCUT2D eigenvalue weighted by atomic mass is 10.1. The molecule has 0 bridgehead atoms. The van der Waals surface area contributed by atoms with E-state index in [-0.39, 0.29) is 22.4 Å². The zero-order valence-electron chi connectivity index (χ0n) is 9.91. The Hall–Kier alpha value is -1.73. The average molecular weight is 327 g/mol. The summed E-state index contributed by atoms with van der Waals surface area (Å²) >= 11 is 3.12.